The van der Waals surface area contributed by atoms with Gasteiger partial charge in [0.1, 0.15) is 12.4 Å². The average Bonchev–Trinajstić information content (AvgIpc) is 2.67. The fourth-order valence-electron chi connectivity index (χ4n) is 2.52. The van der Waals surface area contributed by atoms with Gasteiger partial charge < -0.3 is 25.2 Å². The normalized spacial score (nSPS) is 10.8. The van der Waals surface area contributed by atoms with E-state index in [9.17, 15) is 4.39 Å². The summed E-state index contributed by atoms with van der Waals surface area (Å²) in [6.07, 6.45) is 0.971. The van der Waals surface area contributed by atoms with Crippen LogP contribution in [0.5, 0.6) is 11.5 Å². The molecule has 0 spiro atoms. The summed E-state index contributed by atoms with van der Waals surface area (Å²) in [5.74, 6) is 0.880. The van der Waals surface area contributed by atoms with Gasteiger partial charge in [-0.1, -0.05) is 34.1 Å². The standard InChI is InChI=1S/C20H26BrFN2O3/c1-26-19-11-16(13-24-8-4-7-23-9-10-25)17(21)12-20(19)27-14-15-5-2-3-6-18(15)22/h2-3,5-6,11-12,23-25H,4,7-10,13-14H2,1H3. The summed E-state index contributed by atoms with van der Waals surface area (Å²) >= 11 is 3.56. The van der Waals surface area contributed by atoms with Gasteiger partial charge in [-0.2, -0.15) is 0 Å². The molecular formula is C20H26BrFN2O3. The molecule has 0 radical (unpaired) electrons. The van der Waals surface area contributed by atoms with Crippen molar-refractivity contribution in [2.75, 3.05) is 33.4 Å². The largest absolute Gasteiger partial charge is 0.493 e. The van der Waals surface area contributed by atoms with Gasteiger partial charge in [0, 0.05) is 23.1 Å². The molecule has 0 fully saturated rings. The molecule has 0 saturated carbocycles. The number of methoxy groups -OCH3 is 1. The van der Waals surface area contributed by atoms with Gasteiger partial charge in [-0.25, -0.2) is 4.39 Å². The highest BCUT2D eigenvalue weighted by molar-refractivity contribution is 9.10. The second-order valence-corrected chi connectivity index (χ2v) is 6.83. The van der Waals surface area contributed by atoms with Crippen LogP contribution in [0, 0.1) is 5.82 Å². The zero-order valence-corrected chi connectivity index (χ0v) is 17.0. The second-order valence-electron chi connectivity index (χ2n) is 5.98. The molecule has 0 amide bonds. The molecule has 2 aromatic carbocycles. The number of benzene rings is 2. The molecule has 0 aliphatic carbocycles. The average molecular weight is 441 g/mol. The second kappa shape index (κ2) is 11.9. The summed E-state index contributed by atoms with van der Waals surface area (Å²) in [6, 6.07) is 10.3. The Balaban J connectivity index is 1.91. The molecule has 3 N–H and O–H groups in total. The first-order valence-corrected chi connectivity index (χ1v) is 9.70. The van der Waals surface area contributed by atoms with E-state index < -0.39 is 0 Å². The maximum atomic E-state index is 13.7. The molecule has 7 heteroatoms. The lowest BCUT2D eigenvalue weighted by atomic mass is 10.2. The summed E-state index contributed by atoms with van der Waals surface area (Å²) in [5, 5.41) is 15.2. The van der Waals surface area contributed by atoms with Gasteiger partial charge in [0.15, 0.2) is 11.5 Å². The molecule has 5 nitrogen and oxygen atoms in total. The smallest absolute Gasteiger partial charge is 0.162 e. The molecule has 0 unspecified atom stereocenters. The van der Waals surface area contributed by atoms with Crippen LogP contribution in [0.4, 0.5) is 4.39 Å². The summed E-state index contributed by atoms with van der Waals surface area (Å²) < 4.78 is 25.8. The van der Waals surface area contributed by atoms with Crippen molar-refractivity contribution in [1.82, 2.24) is 10.6 Å². The Labute approximate surface area is 168 Å². The monoisotopic (exact) mass is 440 g/mol. The summed E-state index contributed by atoms with van der Waals surface area (Å²) in [6.45, 7) is 3.32. The minimum atomic E-state index is -0.287. The van der Waals surface area contributed by atoms with Crippen molar-refractivity contribution < 1.29 is 19.0 Å². The molecule has 0 aliphatic rings. The Bertz CT molecular complexity index is 716. The van der Waals surface area contributed by atoms with Crippen LogP contribution in [0.1, 0.15) is 17.5 Å². The highest BCUT2D eigenvalue weighted by Crippen LogP contribution is 2.34. The van der Waals surface area contributed by atoms with Crippen molar-refractivity contribution in [3.63, 3.8) is 0 Å². The van der Waals surface area contributed by atoms with E-state index in [4.69, 9.17) is 14.6 Å². The molecule has 148 valence electrons. The van der Waals surface area contributed by atoms with Crippen molar-refractivity contribution in [3.05, 3.63) is 57.8 Å². The number of nitrogens with one attached hydrogen (secondary N) is 2. The Morgan fingerprint density at radius 3 is 2.56 bits per heavy atom. The van der Waals surface area contributed by atoms with E-state index in [2.05, 4.69) is 26.6 Å². The van der Waals surface area contributed by atoms with Crippen LogP contribution < -0.4 is 20.1 Å². The van der Waals surface area contributed by atoms with Crippen LogP contribution in [0.2, 0.25) is 0 Å². The first-order valence-electron chi connectivity index (χ1n) is 8.90. The highest BCUT2D eigenvalue weighted by atomic mass is 79.9. The molecule has 0 atom stereocenters. The Kier molecular flexibility index (Phi) is 9.55. The first kappa shape index (κ1) is 21.6. The molecule has 0 saturated heterocycles. The van der Waals surface area contributed by atoms with Gasteiger partial charge in [-0.3, -0.25) is 0 Å². The van der Waals surface area contributed by atoms with Gasteiger partial charge in [0.25, 0.3) is 0 Å². The van der Waals surface area contributed by atoms with Gasteiger partial charge in [-0.05, 0) is 43.3 Å². The lowest BCUT2D eigenvalue weighted by Gasteiger charge is -2.15. The van der Waals surface area contributed by atoms with Crippen molar-refractivity contribution in [2.45, 2.75) is 19.6 Å². The Morgan fingerprint density at radius 1 is 1.04 bits per heavy atom. The first-order chi connectivity index (χ1) is 13.2. The van der Waals surface area contributed by atoms with Gasteiger partial charge in [0.2, 0.25) is 0 Å². The van der Waals surface area contributed by atoms with Crippen LogP contribution in [-0.2, 0) is 13.2 Å². The van der Waals surface area contributed by atoms with Crippen LogP contribution >= 0.6 is 15.9 Å². The SMILES string of the molecule is COc1cc(CNCCCNCCO)c(Br)cc1OCc1ccccc1F. The molecule has 2 rings (SSSR count). The number of halogens is 2. The van der Waals surface area contributed by atoms with Crippen LogP contribution in [-0.4, -0.2) is 38.5 Å². The van der Waals surface area contributed by atoms with E-state index in [-0.39, 0.29) is 19.0 Å². The fraction of sp³-hybridized carbons (Fsp3) is 0.400. The van der Waals surface area contributed by atoms with Crippen LogP contribution in [0.15, 0.2) is 40.9 Å². The van der Waals surface area contributed by atoms with E-state index in [0.29, 0.717) is 30.2 Å². The molecular weight excluding hydrogens is 415 g/mol. The molecule has 0 aromatic heterocycles. The topological polar surface area (TPSA) is 62.8 Å². The Hall–Kier alpha value is -1.67. The molecule has 0 aliphatic heterocycles. The number of rotatable bonds is 12. The van der Waals surface area contributed by atoms with Crippen LogP contribution in [0.3, 0.4) is 0 Å². The molecule has 0 bridgehead atoms. The van der Waals surface area contributed by atoms with Crippen molar-refractivity contribution >= 4 is 15.9 Å². The maximum Gasteiger partial charge on any atom is 0.162 e. The third-order valence-electron chi connectivity index (χ3n) is 3.98. The minimum absolute atomic E-state index is 0.133. The van der Waals surface area contributed by atoms with Crippen molar-refractivity contribution in [1.29, 1.82) is 0 Å². The van der Waals surface area contributed by atoms with E-state index in [1.807, 2.05) is 12.1 Å². The summed E-state index contributed by atoms with van der Waals surface area (Å²) in [7, 11) is 1.59. The maximum absolute atomic E-state index is 13.7. The quantitative estimate of drug-likeness (QED) is 0.442. The predicted molar refractivity (Wildman–Crippen MR) is 108 cm³/mol. The van der Waals surface area contributed by atoms with Gasteiger partial charge in [-0.15, -0.1) is 0 Å². The number of hydrogen-bond acceptors (Lipinski definition) is 5. The predicted octanol–water partition coefficient (Wildman–Crippen LogP) is 3.24. The molecule has 2 aromatic rings. The zero-order valence-electron chi connectivity index (χ0n) is 15.4. The van der Waals surface area contributed by atoms with Crippen LogP contribution in [0.25, 0.3) is 0 Å². The van der Waals surface area contributed by atoms with Crippen molar-refractivity contribution in [3.8, 4) is 11.5 Å². The minimum Gasteiger partial charge on any atom is -0.493 e. The van der Waals surface area contributed by atoms with Crippen molar-refractivity contribution in [2.24, 2.45) is 0 Å². The number of aliphatic hydroxyl groups excluding tert-OH is 1. The summed E-state index contributed by atoms with van der Waals surface area (Å²) in [4.78, 5) is 0. The Morgan fingerprint density at radius 2 is 1.81 bits per heavy atom. The molecule has 0 heterocycles. The number of hydrogen-bond donors (Lipinski definition) is 3. The summed E-state index contributed by atoms with van der Waals surface area (Å²) in [5.41, 5.74) is 1.55. The van der Waals surface area contributed by atoms with E-state index in [1.54, 1.807) is 25.3 Å². The third kappa shape index (κ3) is 7.10. The van der Waals surface area contributed by atoms with E-state index in [1.165, 1.54) is 6.07 Å². The third-order valence-corrected chi connectivity index (χ3v) is 4.72. The van der Waals surface area contributed by atoms with E-state index >= 15 is 0 Å². The number of aliphatic hydroxyl groups is 1. The molecule has 27 heavy (non-hydrogen) atoms. The lowest BCUT2D eigenvalue weighted by molar-refractivity contribution is 0.279. The number of ether oxygens (including phenoxy) is 2. The zero-order chi connectivity index (χ0) is 19.5. The van der Waals surface area contributed by atoms with Gasteiger partial charge in [0.05, 0.1) is 13.7 Å². The highest BCUT2D eigenvalue weighted by Gasteiger charge is 2.11. The fourth-order valence-corrected chi connectivity index (χ4v) is 2.98. The van der Waals surface area contributed by atoms with E-state index in [0.717, 1.165) is 29.5 Å². The lowest BCUT2D eigenvalue weighted by Crippen LogP contribution is -2.24. The van der Waals surface area contributed by atoms with Gasteiger partial charge >= 0.3 is 0 Å².